The molecule has 4 aliphatic heterocycles. The lowest BCUT2D eigenvalue weighted by atomic mass is 10.1. The van der Waals surface area contributed by atoms with Gasteiger partial charge in [-0.1, -0.05) is 0 Å². The van der Waals surface area contributed by atoms with Gasteiger partial charge >= 0.3 is 0 Å². The summed E-state index contributed by atoms with van der Waals surface area (Å²) in [4.78, 5) is 42.2. The van der Waals surface area contributed by atoms with Gasteiger partial charge in [0.2, 0.25) is 11.8 Å². The van der Waals surface area contributed by atoms with E-state index in [1.54, 1.807) is 16.7 Å². The number of carbonyl (C=O) groups excluding carboxylic acids is 2. The van der Waals surface area contributed by atoms with Gasteiger partial charge in [-0.3, -0.25) is 14.9 Å². The molecule has 11 nitrogen and oxygen atoms in total. The van der Waals surface area contributed by atoms with E-state index in [9.17, 15) is 19.7 Å². The van der Waals surface area contributed by atoms with Gasteiger partial charge in [-0.2, -0.15) is 0 Å². The molecule has 0 aromatic heterocycles. The standard InChI is InChI=1S/C15H22N4O7S.ClH/c20-14(10-2-1-3-18(10)15(21)9-6-27-7-16-9)17-8-4-24-13-11(26-19(22)23)5-25-12(8)13;/h8-13,16H,1-7H2,(H,17,20);1H/t8-,9?,10-,11-,12+,13+;/m0./s1. The first kappa shape index (κ1) is 21.4. The summed E-state index contributed by atoms with van der Waals surface area (Å²) in [5, 5.41) is 15.7. The molecule has 28 heavy (non-hydrogen) atoms. The van der Waals surface area contributed by atoms with E-state index in [1.807, 2.05) is 0 Å². The van der Waals surface area contributed by atoms with Crippen LogP contribution in [0.15, 0.2) is 0 Å². The number of hydrogen-bond acceptors (Lipinski definition) is 9. The van der Waals surface area contributed by atoms with Crippen molar-refractivity contribution in [1.29, 1.82) is 0 Å². The average molecular weight is 439 g/mol. The van der Waals surface area contributed by atoms with Crippen LogP contribution in [0.25, 0.3) is 0 Å². The summed E-state index contributed by atoms with van der Waals surface area (Å²) in [5.41, 5.74) is 0. The van der Waals surface area contributed by atoms with Crippen molar-refractivity contribution in [3.8, 4) is 0 Å². The highest BCUT2D eigenvalue weighted by atomic mass is 35.5. The van der Waals surface area contributed by atoms with Crippen LogP contribution in [-0.4, -0.2) is 89.6 Å². The highest BCUT2D eigenvalue weighted by Crippen LogP contribution is 2.29. The van der Waals surface area contributed by atoms with E-state index >= 15 is 0 Å². The Kier molecular flexibility index (Phi) is 6.86. The summed E-state index contributed by atoms with van der Waals surface area (Å²) in [7, 11) is 0. The van der Waals surface area contributed by atoms with Crippen molar-refractivity contribution in [1.82, 2.24) is 15.5 Å². The Morgan fingerprint density at radius 2 is 2.07 bits per heavy atom. The van der Waals surface area contributed by atoms with Gasteiger partial charge < -0.3 is 24.5 Å². The molecule has 158 valence electrons. The molecule has 4 heterocycles. The lowest BCUT2D eigenvalue weighted by molar-refractivity contribution is -0.769. The number of ether oxygens (including phenoxy) is 2. The van der Waals surface area contributed by atoms with Crippen LogP contribution >= 0.6 is 24.2 Å². The van der Waals surface area contributed by atoms with Crippen LogP contribution in [0.4, 0.5) is 0 Å². The van der Waals surface area contributed by atoms with E-state index < -0.39 is 35.5 Å². The maximum atomic E-state index is 12.8. The van der Waals surface area contributed by atoms with Crippen molar-refractivity contribution in [2.45, 2.75) is 49.3 Å². The van der Waals surface area contributed by atoms with Crippen molar-refractivity contribution >= 4 is 36.0 Å². The summed E-state index contributed by atoms with van der Waals surface area (Å²) in [5.74, 6) is 1.20. The quantitative estimate of drug-likeness (QED) is 0.406. The number of rotatable bonds is 5. The van der Waals surface area contributed by atoms with E-state index in [2.05, 4.69) is 15.5 Å². The molecule has 4 saturated heterocycles. The Bertz CT molecular complexity index is 623. The SMILES string of the molecule is Cl.O=C(N[C@H]1CO[C@H]2[C@@H]1OC[C@@H]2O[N+](=O)[O-])[C@@H]1CCCN1C(=O)C1CSCN1. The van der Waals surface area contributed by atoms with Crippen molar-refractivity contribution in [3.63, 3.8) is 0 Å². The van der Waals surface area contributed by atoms with E-state index in [0.717, 1.165) is 18.1 Å². The van der Waals surface area contributed by atoms with Gasteiger partial charge in [-0.15, -0.1) is 34.3 Å². The summed E-state index contributed by atoms with van der Waals surface area (Å²) < 4.78 is 11.1. The molecular formula is C15H23ClN4O7S. The number of amides is 2. The fraction of sp³-hybridized carbons (Fsp3) is 0.867. The smallest absolute Gasteiger partial charge is 0.294 e. The van der Waals surface area contributed by atoms with Crippen LogP contribution in [0.2, 0.25) is 0 Å². The molecule has 4 aliphatic rings. The second-order valence-corrected chi connectivity index (χ2v) is 8.07. The fourth-order valence-corrected chi connectivity index (χ4v) is 5.06. The normalized spacial score (nSPS) is 36.6. The van der Waals surface area contributed by atoms with Gasteiger partial charge in [-0.25, -0.2) is 0 Å². The predicted molar refractivity (Wildman–Crippen MR) is 99.5 cm³/mol. The zero-order valence-electron chi connectivity index (χ0n) is 15.0. The molecule has 6 atom stereocenters. The summed E-state index contributed by atoms with van der Waals surface area (Å²) in [6.07, 6.45) is -0.458. The van der Waals surface area contributed by atoms with Gasteiger partial charge in [0.1, 0.15) is 18.2 Å². The summed E-state index contributed by atoms with van der Waals surface area (Å²) >= 11 is 1.67. The average Bonchev–Trinajstić information content (AvgIpc) is 3.41. The van der Waals surface area contributed by atoms with E-state index in [-0.39, 0.29) is 43.5 Å². The molecular weight excluding hydrogens is 416 g/mol. The van der Waals surface area contributed by atoms with Crippen LogP contribution < -0.4 is 10.6 Å². The molecule has 0 aromatic carbocycles. The molecule has 0 spiro atoms. The third-order valence-electron chi connectivity index (χ3n) is 5.41. The Morgan fingerprint density at radius 3 is 2.79 bits per heavy atom. The van der Waals surface area contributed by atoms with Gasteiger partial charge in [0.25, 0.3) is 5.09 Å². The number of hydrogen-bond donors (Lipinski definition) is 2. The van der Waals surface area contributed by atoms with E-state index in [1.165, 1.54) is 0 Å². The van der Waals surface area contributed by atoms with Crippen LogP contribution in [0.3, 0.4) is 0 Å². The van der Waals surface area contributed by atoms with Crippen LogP contribution in [-0.2, 0) is 23.9 Å². The van der Waals surface area contributed by atoms with Crippen LogP contribution in [0.1, 0.15) is 12.8 Å². The molecule has 2 N–H and O–H groups in total. The van der Waals surface area contributed by atoms with E-state index in [4.69, 9.17) is 9.47 Å². The maximum absolute atomic E-state index is 12.8. The first-order valence-corrected chi connectivity index (χ1v) is 10.2. The lowest BCUT2D eigenvalue weighted by Gasteiger charge is -2.28. The number of carbonyl (C=O) groups is 2. The molecule has 2 amide bonds. The summed E-state index contributed by atoms with van der Waals surface area (Å²) in [6.45, 7) is 0.810. The van der Waals surface area contributed by atoms with Crippen molar-refractivity contribution in [2.75, 3.05) is 31.4 Å². The monoisotopic (exact) mass is 438 g/mol. The molecule has 0 bridgehead atoms. The third-order valence-corrected chi connectivity index (χ3v) is 6.35. The molecule has 0 aliphatic carbocycles. The van der Waals surface area contributed by atoms with Crippen molar-refractivity contribution < 1.29 is 29.0 Å². The first-order chi connectivity index (χ1) is 13.0. The minimum atomic E-state index is -0.858. The predicted octanol–water partition coefficient (Wildman–Crippen LogP) is -1.08. The molecule has 0 saturated carbocycles. The van der Waals surface area contributed by atoms with Gasteiger partial charge in [0.15, 0.2) is 6.10 Å². The van der Waals surface area contributed by atoms with Crippen molar-refractivity contribution in [3.05, 3.63) is 10.1 Å². The maximum Gasteiger partial charge on any atom is 0.294 e. The molecule has 0 radical (unpaired) electrons. The largest absolute Gasteiger partial charge is 0.371 e. The zero-order chi connectivity index (χ0) is 19.0. The Labute approximate surface area is 171 Å². The number of thioether (sulfide) groups is 1. The summed E-state index contributed by atoms with van der Waals surface area (Å²) in [6, 6.07) is -1.16. The minimum absolute atomic E-state index is 0. The zero-order valence-corrected chi connectivity index (χ0v) is 16.6. The number of nitrogens with zero attached hydrogens (tertiary/aromatic N) is 2. The van der Waals surface area contributed by atoms with Crippen LogP contribution in [0.5, 0.6) is 0 Å². The molecule has 1 unspecified atom stereocenters. The number of halogens is 1. The Morgan fingerprint density at radius 1 is 1.29 bits per heavy atom. The topological polar surface area (TPSA) is 132 Å². The number of likely N-dealkylation sites (tertiary alicyclic amines) is 1. The van der Waals surface area contributed by atoms with Gasteiger partial charge in [-0.05, 0) is 12.8 Å². The number of nitrogens with one attached hydrogen (secondary N) is 2. The van der Waals surface area contributed by atoms with Gasteiger partial charge in [0, 0.05) is 18.2 Å². The first-order valence-electron chi connectivity index (χ1n) is 9.01. The van der Waals surface area contributed by atoms with E-state index in [0.29, 0.717) is 13.0 Å². The van der Waals surface area contributed by atoms with Crippen molar-refractivity contribution in [2.24, 2.45) is 0 Å². The van der Waals surface area contributed by atoms with Crippen LogP contribution in [0, 0.1) is 10.1 Å². The minimum Gasteiger partial charge on any atom is -0.371 e. The fourth-order valence-electron chi connectivity index (χ4n) is 4.12. The second-order valence-electron chi connectivity index (χ2n) is 7.04. The molecule has 4 fully saturated rings. The van der Waals surface area contributed by atoms with Gasteiger partial charge in [0.05, 0.1) is 25.3 Å². The molecule has 0 aromatic rings. The Hall–Kier alpha value is -1.34. The third kappa shape index (κ3) is 4.15. The molecule has 13 heteroatoms. The highest BCUT2D eigenvalue weighted by molar-refractivity contribution is 7.99. The second kappa shape index (κ2) is 8.99. The highest BCUT2D eigenvalue weighted by Gasteiger charge is 2.50. The lowest BCUT2D eigenvalue weighted by Crippen LogP contribution is -2.55. The Balaban J connectivity index is 0.00000225. The number of fused-ring (bicyclic) bond motifs is 1. The molecule has 4 rings (SSSR count).